The fourth-order valence-electron chi connectivity index (χ4n) is 1.90. The van der Waals surface area contributed by atoms with Gasteiger partial charge < -0.3 is 9.47 Å². The highest BCUT2D eigenvalue weighted by Crippen LogP contribution is 2.48. The van der Waals surface area contributed by atoms with Crippen LogP contribution in [0, 0.1) is 11.3 Å². The third-order valence-electron chi connectivity index (χ3n) is 3.02. The molecule has 4 heteroatoms. The van der Waals surface area contributed by atoms with Crippen molar-refractivity contribution in [3.05, 3.63) is 18.2 Å². The lowest BCUT2D eigenvalue weighted by Gasteiger charge is -2.34. The van der Waals surface area contributed by atoms with E-state index in [4.69, 9.17) is 14.7 Å². The SMILES string of the molecule is N#CC1(Sc2ccc3c(c2)OCO3)CCC1. The second-order valence-electron chi connectivity index (χ2n) is 4.08. The number of fused-ring (bicyclic) bond motifs is 1. The van der Waals surface area contributed by atoms with Crippen molar-refractivity contribution in [1.82, 2.24) is 0 Å². The molecule has 2 aliphatic rings. The fourth-order valence-corrected chi connectivity index (χ4v) is 3.19. The Hall–Kier alpha value is -1.34. The molecule has 0 saturated heterocycles. The lowest BCUT2D eigenvalue weighted by molar-refractivity contribution is 0.174. The molecule has 1 aromatic rings. The third-order valence-corrected chi connectivity index (χ3v) is 4.40. The Morgan fingerprint density at radius 3 is 2.75 bits per heavy atom. The predicted octanol–water partition coefficient (Wildman–Crippen LogP) is 2.95. The van der Waals surface area contributed by atoms with Crippen molar-refractivity contribution in [3.63, 3.8) is 0 Å². The van der Waals surface area contributed by atoms with E-state index in [0.717, 1.165) is 35.7 Å². The average molecular weight is 233 g/mol. The molecule has 0 unspecified atom stereocenters. The molecule has 82 valence electrons. The number of nitrogens with zero attached hydrogens (tertiary/aromatic N) is 1. The Morgan fingerprint density at radius 2 is 2.06 bits per heavy atom. The Balaban J connectivity index is 1.83. The largest absolute Gasteiger partial charge is 0.454 e. The van der Waals surface area contributed by atoms with Crippen LogP contribution in [0.15, 0.2) is 23.1 Å². The van der Waals surface area contributed by atoms with Crippen LogP contribution < -0.4 is 9.47 Å². The van der Waals surface area contributed by atoms with Gasteiger partial charge in [0.05, 0.1) is 6.07 Å². The molecule has 0 atom stereocenters. The van der Waals surface area contributed by atoms with Crippen LogP contribution in [0.5, 0.6) is 11.5 Å². The molecule has 1 fully saturated rings. The standard InChI is InChI=1S/C12H11NO2S/c13-7-12(4-1-5-12)16-9-2-3-10-11(6-9)15-8-14-10/h2-3,6H,1,4-5,8H2. The maximum absolute atomic E-state index is 9.16. The quantitative estimate of drug-likeness (QED) is 0.787. The maximum atomic E-state index is 9.16. The minimum atomic E-state index is -0.201. The van der Waals surface area contributed by atoms with Crippen molar-refractivity contribution in [3.8, 4) is 17.6 Å². The summed E-state index contributed by atoms with van der Waals surface area (Å²) in [7, 11) is 0. The van der Waals surface area contributed by atoms with E-state index in [1.165, 1.54) is 0 Å². The summed E-state index contributed by atoms with van der Waals surface area (Å²) in [5.74, 6) is 1.58. The molecular weight excluding hydrogens is 222 g/mol. The second kappa shape index (κ2) is 3.60. The third kappa shape index (κ3) is 1.52. The van der Waals surface area contributed by atoms with Gasteiger partial charge in [0.1, 0.15) is 4.75 Å². The zero-order chi connectivity index (χ0) is 11.0. The van der Waals surface area contributed by atoms with Gasteiger partial charge >= 0.3 is 0 Å². The summed E-state index contributed by atoms with van der Waals surface area (Å²) in [5.41, 5.74) is 0. The molecule has 1 aliphatic carbocycles. The van der Waals surface area contributed by atoms with Gasteiger partial charge in [0.15, 0.2) is 11.5 Å². The summed E-state index contributed by atoms with van der Waals surface area (Å²) in [4.78, 5) is 1.09. The zero-order valence-electron chi connectivity index (χ0n) is 8.73. The smallest absolute Gasteiger partial charge is 0.231 e. The van der Waals surface area contributed by atoms with Crippen molar-refractivity contribution < 1.29 is 9.47 Å². The maximum Gasteiger partial charge on any atom is 0.231 e. The molecule has 0 spiro atoms. The van der Waals surface area contributed by atoms with Crippen molar-refractivity contribution >= 4 is 11.8 Å². The second-order valence-corrected chi connectivity index (χ2v) is 5.53. The molecular formula is C12H11NO2S. The number of thioether (sulfide) groups is 1. The van der Waals surface area contributed by atoms with Gasteiger partial charge in [-0.3, -0.25) is 0 Å². The monoisotopic (exact) mass is 233 g/mol. The van der Waals surface area contributed by atoms with E-state index >= 15 is 0 Å². The van der Waals surface area contributed by atoms with Crippen LogP contribution in [0.1, 0.15) is 19.3 Å². The van der Waals surface area contributed by atoms with Gasteiger partial charge in [-0.1, -0.05) is 0 Å². The van der Waals surface area contributed by atoms with Gasteiger partial charge in [-0.15, -0.1) is 11.8 Å². The first-order valence-electron chi connectivity index (χ1n) is 5.31. The molecule has 1 saturated carbocycles. The van der Waals surface area contributed by atoms with Crippen LogP contribution in [0.4, 0.5) is 0 Å². The minimum Gasteiger partial charge on any atom is -0.454 e. The van der Waals surface area contributed by atoms with Crippen LogP contribution in [0.3, 0.4) is 0 Å². The number of nitriles is 1. The molecule has 1 aromatic carbocycles. The van der Waals surface area contributed by atoms with Gasteiger partial charge in [0, 0.05) is 4.90 Å². The molecule has 0 aromatic heterocycles. The molecule has 3 nitrogen and oxygen atoms in total. The Kier molecular flexibility index (Phi) is 2.22. The Labute approximate surface area is 98.4 Å². The van der Waals surface area contributed by atoms with Gasteiger partial charge in [0.25, 0.3) is 0 Å². The van der Waals surface area contributed by atoms with Gasteiger partial charge in [0.2, 0.25) is 6.79 Å². The normalized spacial score (nSPS) is 19.9. The van der Waals surface area contributed by atoms with Crippen molar-refractivity contribution in [2.45, 2.75) is 28.9 Å². The Morgan fingerprint density at radius 1 is 1.25 bits per heavy atom. The van der Waals surface area contributed by atoms with Crippen molar-refractivity contribution in [2.24, 2.45) is 0 Å². The van der Waals surface area contributed by atoms with E-state index in [9.17, 15) is 0 Å². The van der Waals surface area contributed by atoms with Crippen molar-refractivity contribution in [2.75, 3.05) is 6.79 Å². The van der Waals surface area contributed by atoms with Gasteiger partial charge in [-0.2, -0.15) is 5.26 Å². The average Bonchev–Trinajstić information content (AvgIpc) is 2.70. The summed E-state index contributed by atoms with van der Waals surface area (Å²) in [6.07, 6.45) is 3.14. The summed E-state index contributed by atoms with van der Waals surface area (Å²) in [6, 6.07) is 8.29. The highest BCUT2D eigenvalue weighted by molar-refractivity contribution is 8.01. The zero-order valence-corrected chi connectivity index (χ0v) is 9.55. The van der Waals surface area contributed by atoms with Gasteiger partial charge in [-0.05, 0) is 37.5 Å². The van der Waals surface area contributed by atoms with Crippen LogP contribution in [0.25, 0.3) is 0 Å². The first-order valence-corrected chi connectivity index (χ1v) is 6.13. The molecule has 0 radical (unpaired) electrons. The Bertz CT molecular complexity index is 463. The lowest BCUT2D eigenvalue weighted by Crippen LogP contribution is -2.30. The van der Waals surface area contributed by atoms with Crippen molar-refractivity contribution in [1.29, 1.82) is 5.26 Å². The van der Waals surface area contributed by atoms with E-state index in [0.29, 0.717) is 6.79 Å². The molecule has 1 heterocycles. The van der Waals surface area contributed by atoms with Crippen LogP contribution in [0.2, 0.25) is 0 Å². The minimum absolute atomic E-state index is 0.201. The molecule has 0 amide bonds. The number of hydrogen-bond donors (Lipinski definition) is 0. The predicted molar refractivity (Wildman–Crippen MR) is 60.6 cm³/mol. The van der Waals surface area contributed by atoms with Crippen LogP contribution in [-0.2, 0) is 0 Å². The molecule has 16 heavy (non-hydrogen) atoms. The fraction of sp³-hybridized carbons (Fsp3) is 0.417. The summed E-state index contributed by atoms with van der Waals surface area (Å²) < 4.78 is 10.4. The van der Waals surface area contributed by atoms with Crippen LogP contribution >= 0.6 is 11.8 Å². The summed E-state index contributed by atoms with van der Waals surface area (Å²) >= 11 is 1.65. The first-order chi connectivity index (χ1) is 7.81. The number of hydrogen-bond acceptors (Lipinski definition) is 4. The summed E-state index contributed by atoms with van der Waals surface area (Å²) in [6.45, 7) is 0.298. The van der Waals surface area contributed by atoms with E-state index in [1.807, 2.05) is 18.2 Å². The van der Waals surface area contributed by atoms with Crippen LogP contribution in [-0.4, -0.2) is 11.5 Å². The number of rotatable bonds is 2. The van der Waals surface area contributed by atoms with E-state index < -0.39 is 0 Å². The van der Waals surface area contributed by atoms with E-state index in [1.54, 1.807) is 11.8 Å². The first kappa shape index (κ1) is 9.86. The lowest BCUT2D eigenvalue weighted by atomic mass is 9.86. The topological polar surface area (TPSA) is 42.2 Å². The number of ether oxygens (including phenoxy) is 2. The molecule has 1 aliphatic heterocycles. The number of benzene rings is 1. The van der Waals surface area contributed by atoms with Gasteiger partial charge in [-0.25, -0.2) is 0 Å². The molecule has 0 N–H and O–H groups in total. The van der Waals surface area contributed by atoms with E-state index in [2.05, 4.69) is 6.07 Å². The highest BCUT2D eigenvalue weighted by atomic mass is 32.2. The van der Waals surface area contributed by atoms with E-state index in [-0.39, 0.29) is 4.75 Å². The molecule has 3 rings (SSSR count). The molecule has 0 bridgehead atoms. The highest BCUT2D eigenvalue weighted by Gasteiger charge is 2.38. The summed E-state index contributed by atoms with van der Waals surface area (Å²) in [5, 5.41) is 9.16.